The largest absolute Gasteiger partial charge is 0.480 e. The molecule has 0 rings (SSSR count). The molecule has 0 aromatic rings. The Morgan fingerprint density at radius 1 is 0.833 bits per heavy atom. The summed E-state index contributed by atoms with van der Waals surface area (Å²) in [6.45, 7) is 9.43. The molecule has 0 spiro atoms. The normalized spacial score (nSPS) is 15.7. The molecule has 10 heteroatoms. The van der Waals surface area contributed by atoms with Crippen LogP contribution in [0.15, 0.2) is 24.3 Å². The van der Waals surface area contributed by atoms with Crippen LogP contribution in [0.25, 0.3) is 0 Å². The van der Waals surface area contributed by atoms with Crippen molar-refractivity contribution < 1.29 is 29.4 Å². The summed E-state index contributed by atoms with van der Waals surface area (Å²) in [5.41, 5.74) is 6.85. The van der Waals surface area contributed by atoms with Crippen LogP contribution in [0.5, 0.6) is 0 Å². The molecule has 0 unspecified atom stereocenters. The van der Waals surface area contributed by atoms with E-state index in [1.54, 1.807) is 0 Å². The third kappa shape index (κ3) is 4.94. The van der Waals surface area contributed by atoms with Crippen LogP contribution in [0, 0.1) is 0 Å². The van der Waals surface area contributed by atoms with E-state index in [1.807, 2.05) is 0 Å². The summed E-state index contributed by atoms with van der Waals surface area (Å²) >= 11 is 0. The summed E-state index contributed by atoms with van der Waals surface area (Å²) in [6.07, 6.45) is 0. The molecule has 2 atom stereocenters. The zero-order valence-corrected chi connectivity index (χ0v) is 15.0. The van der Waals surface area contributed by atoms with E-state index in [0.29, 0.717) is 0 Å². The molecule has 134 valence electrons. The molecule has 0 fully saturated rings. The lowest BCUT2D eigenvalue weighted by molar-refractivity contribution is -0.147. The van der Waals surface area contributed by atoms with Gasteiger partial charge in [0.15, 0.2) is 22.6 Å². The molecule has 0 aromatic heterocycles. The topological polar surface area (TPSA) is 161 Å². The maximum atomic E-state index is 11.9. The lowest BCUT2D eigenvalue weighted by Crippen LogP contribution is -2.58. The minimum Gasteiger partial charge on any atom is -0.480 e. The Bertz CT molecular complexity index is 554. The van der Waals surface area contributed by atoms with Crippen molar-refractivity contribution in [2.24, 2.45) is 11.5 Å². The van der Waals surface area contributed by atoms with Crippen LogP contribution in [0.1, 0.15) is 13.8 Å². The second-order valence-corrected chi connectivity index (χ2v) is 7.76. The average molecular weight is 376 g/mol. The van der Waals surface area contributed by atoms with Crippen molar-refractivity contribution in [3.05, 3.63) is 24.3 Å². The molecule has 0 radical (unpaired) electrons. The highest BCUT2D eigenvalue weighted by Gasteiger charge is 2.44. The van der Waals surface area contributed by atoms with Crippen molar-refractivity contribution in [2.75, 3.05) is 11.5 Å². The van der Waals surface area contributed by atoms with Gasteiger partial charge in [0.1, 0.15) is 0 Å². The number of aliphatic carboxylic acids is 2. The Balaban J connectivity index is 5.02. The van der Waals surface area contributed by atoms with E-state index in [2.05, 4.69) is 13.2 Å². The van der Waals surface area contributed by atoms with Crippen LogP contribution in [0.4, 0.5) is 0 Å². The minimum atomic E-state index is -2.19. The third-order valence-corrected chi connectivity index (χ3v) is 5.53. The van der Waals surface area contributed by atoms with E-state index >= 15 is 0 Å². The van der Waals surface area contributed by atoms with E-state index < -0.39 is 34.6 Å². The van der Waals surface area contributed by atoms with Gasteiger partial charge in [-0.05, 0) is 25.0 Å². The number of carboxylic acid groups (broad SMARTS) is 2. The predicted octanol–water partition coefficient (Wildman–Crippen LogP) is 0.222. The number of nitrogens with two attached hydrogens (primary N) is 2. The summed E-state index contributed by atoms with van der Waals surface area (Å²) < 4.78 is 0. The van der Waals surface area contributed by atoms with Crippen LogP contribution >= 0.6 is 21.6 Å². The molecular weight excluding hydrogens is 356 g/mol. The molecule has 0 aliphatic carbocycles. The van der Waals surface area contributed by atoms with Crippen molar-refractivity contribution in [2.45, 2.75) is 24.9 Å². The average Bonchev–Trinajstić information content (AvgIpc) is 2.48. The van der Waals surface area contributed by atoms with Crippen molar-refractivity contribution in [1.82, 2.24) is 0 Å². The quantitative estimate of drug-likeness (QED) is 0.170. The molecule has 0 bridgehead atoms. The fourth-order valence-electron chi connectivity index (χ4n) is 1.48. The number of hydrogen-bond donors (Lipinski definition) is 4. The standard InChI is InChI=1S/C14H20N2O6S2/c1-7(2)9(17)13(15,11(19)20)5-23-24-6-14(16,12(21)22)10(18)8(3)4/h1,3,5-6,15-16H2,2,4H3,(H,19,20)(H,21,22)/t13-,14-/m1/s1. The number of carbonyl (C=O) groups excluding carboxylic acids is 2. The van der Waals surface area contributed by atoms with Crippen LogP contribution in [-0.2, 0) is 19.2 Å². The van der Waals surface area contributed by atoms with Crippen molar-refractivity contribution in [1.29, 1.82) is 0 Å². The van der Waals surface area contributed by atoms with E-state index in [-0.39, 0.29) is 22.7 Å². The Hall–Kier alpha value is -1.62. The van der Waals surface area contributed by atoms with Gasteiger partial charge in [-0.3, -0.25) is 9.59 Å². The third-order valence-electron chi connectivity index (χ3n) is 3.01. The van der Waals surface area contributed by atoms with Crippen LogP contribution in [0.2, 0.25) is 0 Å². The Morgan fingerprint density at radius 3 is 1.25 bits per heavy atom. The summed E-state index contributed by atoms with van der Waals surface area (Å²) in [5, 5.41) is 18.3. The molecule has 0 saturated heterocycles. The molecule has 24 heavy (non-hydrogen) atoms. The van der Waals surface area contributed by atoms with Crippen LogP contribution in [0.3, 0.4) is 0 Å². The van der Waals surface area contributed by atoms with Gasteiger partial charge in [-0.1, -0.05) is 34.7 Å². The number of carboxylic acids is 2. The molecule has 0 amide bonds. The first-order valence-electron chi connectivity index (χ1n) is 6.50. The lowest BCUT2D eigenvalue weighted by atomic mass is 9.93. The fourth-order valence-corrected chi connectivity index (χ4v) is 4.14. The molecule has 0 aromatic carbocycles. The molecule has 0 aliphatic heterocycles. The maximum Gasteiger partial charge on any atom is 0.332 e. The first-order chi connectivity index (χ1) is 10.8. The second kappa shape index (κ2) is 8.47. The Labute approximate surface area is 147 Å². The number of Topliss-reactive ketones (excluding diaryl/α,β-unsaturated/α-hetero) is 2. The SMILES string of the molecule is C=C(C)C(=O)[C@](N)(CSSC[C@](N)(C(=O)O)C(=O)C(=C)C)C(=O)O. The molecule has 6 N–H and O–H groups in total. The van der Waals surface area contributed by atoms with Crippen molar-refractivity contribution in [3.63, 3.8) is 0 Å². The van der Waals surface area contributed by atoms with Gasteiger partial charge >= 0.3 is 11.9 Å². The molecule has 0 saturated carbocycles. The van der Waals surface area contributed by atoms with Gasteiger partial charge < -0.3 is 21.7 Å². The second-order valence-electron chi connectivity index (χ2n) is 5.30. The summed E-state index contributed by atoms with van der Waals surface area (Å²) in [5.74, 6) is -5.43. The first-order valence-corrected chi connectivity index (χ1v) is 8.99. The Kier molecular flexibility index (Phi) is 7.90. The van der Waals surface area contributed by atoms with Gasteiger partial charge in [-0.2, -0.15) is 0 Å². The first kappa shape index (κ1) is 22.4. The number of hydrogen-bond acceptors (Lipinski definition) is 8. The van der Waals surface area contributed by atoms with Gasteiger partial charge in [-0.15, -0.1) is 0 Å². The van der Waals surface area contributed by atoms with E-state index in [4.69, 9.17) is 21.7 Å². The number of ketones is 2. The molecule has 0 heterocycles. The minimum absolute atomic E-state index is 0.0123. The fraction of sp³-hybridized carbons (Fsp3) is 0.429. The monoisotopic (exact) mass is 376 g/mol. The highest BCUT2D eigenvalue weighted by molar-refractivity contribution is 8.76. The molecular formula is C14H20N2O6S2. The smallest absolute Gasteiger partial charge is 0.332 e. The van der Waals surface area contributed by atoms with Gasteiger partial charge in [0.2, 0.25) is 0 Å². The van der Waals surface area contributed by atoms with Gasteiger partial charge in [0, 0.05) is 11.5 Å². The zero-order chi connectivity index (χ0) is 19.3. The molecule has 8 nitrogen and oxygen atoms in total. The maximum absolute atomic E-state index is 11.9. The highest BCUT2D eigenvalue weighted by Crippen LogP contribution is 2.30. The summed E-state index contributed by atoms with van der Waals surface area (Å²) in [4.78, 5) is 46.3. The van der Waals surface area contributed by atoms with Crippen molar-refractivity contribution in [3.8, 4) is 0 Å². The van der Waals surface area contributed by atoms with Crippen LogP contribution in [-0.4, -0.2) is 56.3 Å². The van der Waals surface area contributed by atoms with Gasteiger partial charge in [0.05, 0.1) is 0 Å². The summed E-state index contributed by atoms with van der Waals surface area (Å²) in [7, 11) is 1.66. The van der Waals surface area contributed by atoms with Gasteiger partial charge in [0.25, 0.3) is 0 Å². The zero-order valence-electron chi connectivity index (χ0n) is 13.3. The van der Waals surface area contributed by atoms with Gasteiger partial charge in [-0.25, -0.2) is 9.59 Å². The van der Waals surface area contributed by atoms with Crippen LogP contribution < -0.4 is 11.5 Å². The van der Waals surface area contributed by atoms with Crippen molar-refractivity contribution >= 4 is 45.1 Å². The number of rotatable bonds is 11. The van der Waals surface area contributed by atoms with E-state index in [9.17, 15) is 19.2 Å². The van der Waals surface area contributed by atoms with E-state index in [1.165, 1.54) is 13.8 Å². The lowest BCUT2D eigenvalue weighted by Gasteiger charge is -2.25. The number of carbonyl (C=O) groups is 4. The summed E-state index contributed by atoms with van der Waals surface area (Å²) in [6, 6.07) is 0. The highest BCUT2D eigenvalue weighted by atomic mass is 33.1. The Morgan fingerprint density at radius 2 is 1.08 bits per heavy atom. The molecule has 0 aliphatic rings. The predicted molar refractivity (Wildman–Crippen MR) is 93.7 cm³/mol. The van der Waals surface area contributed by atoms with E-state index in [0.717, 1.165) is 21.6 Å².